The summed E-state index contributed by atoms with van der Waals surface area (Å²) >= 11 is 0. The van der Waals surface area contributed by atoms with Crippen molar-refractivity contribution in [2.24, 2.45) is 5.92 Å². The van der Waals surface area contributed by atoms with E-state index in [4.69, 9.17) is 14.7 Å². The molecule has 39 heavy (non-hydrogen) atoms. The average molecular weight is 526 g/mol. The molecule has 1 amide bonds. The van der Waals surface area contributed by atoms with E-state index in [-0.39, 0.29) is 11.8 Å². The summed E-state index contributed by atoms with van der Waals surface area (Å²) in [5, 5.41) is 2.76. The fourth-order valence-electron chi connectivity index (χ4n) is 6.52. The lowest BCUT2D eigenvalue weighted by Gasteiger charge is -2.49. The summed E-state index contributed by atoms with van der Waals surface area (Å²) in [4.78, 5) is 40.9. The van der Waals surface area contributed by atoms with Crippen LogP contribution in [0.15, 0.2) is 54.9 Å². The smallest absolute Gasteiger partial charge is 0.411 e. The maximum absolute atomic E-state index is 12.5. The zero-order valence-electron chi connectivity index (χ0n) is 22.4. The van der Waals surface area contributed by atoms with Gasteiger partial charge in [0.05, 0.1) is 0 Å². The van der Waals surface area contributed by atoms with Crippen LogP contribution in [0.3, 0.4) is 0 Å². The number of aromatic nitrogens is 3. The molecule has 1 aliphatic carbocycles. The Morgan fingerprint density at radius 1 is 1.03 bits per heavy atom. The first-order valence-electron chi connectivity index (χ1n) is 14.1. The predicted octanol–water partition coefficient (Wildman–Crippen LogP) is 5.83. The maximum atomic E-state index is 12.5. The second kappa shape index (κ2) is 11.2. The lowest BCUT2D eigenvalue weighted by atomic mass is 9.74. The van der Waals surface area contributed by atoms with Crippen molar-refractivity contribution in [2.45, 2.75) is 63.3 Å². The van der Waals surface area contributed by atoms with Crippen LogP contribution in [-0.2, 0) is 4.74 Å². The number of fused-ring (bicyclic) bond motifs is 3. The number of hydrogen-bond acceptors (Lipinski definition) is 7. The molecule has 3 aliphatic heterocycles. The standard InChI is InChI=1S/C31H35N5O3/c1-20(37)23-7-4-8-25(15-23)33-31(38)39-19-26-16-24-11-14-36(26)18-27(24)29-17-28(21-5-2-3-6-21)34-30(35-29)22-9-12-32-13-10-22/h4,7-10,12-13,15,17,21,24,26-27H,2-3,5-6,11,14,16,18-19H2,1H3,(H,33,38). The Morgan fingerprint density at radius 3 is 2.56 bits per heavy atom. The summed E-state index contributed by atoms with van der Waals surface area (Å²) < 4.78 is 5.63. The highest BCUT2D eigenvalue weighted by atomic mass is 16.5. The Bertz CT molecular complexity index is 1340. The van der Waals surface area contributed by atoms with Gasteiger partial charge >= 0.3 is 6.09 Å². The van der Waals surface area contributed by atoms with Gasteiger partial charge in [0.15, 0.2) is 11.6 Å². The lowest BCUT2D eigenvalue weighted by Crippen LogP contribution is -2.54. The fraction of sp³-hybridized carbons (Fsp3) is 0.452. The monoisotopic (exact) mass is 525 g/mol. The van der Waals surface area contributed by atoms with E-state index in [1.165, 1.54) is 38.3 Å². The number of nitrogens with zero attached hydrogens (tertiary/aromatic N) is 4. The average Bonchev–Trinajstić information content (AvgIpc) is 3.52. The van der Waals surface area contributed by atoms with Crippen LogP contribution in [0.2, 0.25) is 0 Å². The van der Waals surface area contributed by atoms with E-state index in [9.17, 15) is 9.59 Å². The molecule has 8 heteroatoms. The Hall–Kier alpha value is -3.65. The summed E-state index contributed by atoms with van der Waals surface area (Å²) in [5.41, 5.74) is 4.47. The highest BCUT2D eigenvalue weighted by Gasteiger charge is 2.42. The first kappa shape index (κ1) is 25.6. The topological polar surface area (TPSA) is 97.3 Å². The molecule has 1 N–H and O–H groups in total. The first-order chi connectivity index (χ1) is 19.0. The van der Waals surface area contributed by atoms with Crippen molar-refractivity contribution in [2.75, 3.05) is 25.0 Å². The molecular weight excluding hydrogens is 490 g/mol. The number of nitrogens with one attached hydrogen (secondary N) is 1. The number of piperidine rings is 3. The van der Waals surface area contributed by atoms with E-state index >= 15 is 0 Å². The number of ketones is 1. The number of anilines is 1. The van der Waals surface area contributed by atoms with Crippen molar-refractivity contribution in [1.29, 1.82) is 0 Å². The third-order valence-corrected chi connectivity index (χ3v) is 8.66. The first-order valence-corrected chi connectivity index (χ1v) is 14.1. The third-order valence-electron chi connectivity index (χ3n) is 8.66. The van der Waals surface area contributed by atoms with Crippen LogP contribution in [0, 0.1) is 5.92 Å². The molecule has 3 aromatic rings. The Balaban J connectivity index is 1.13. The van der Waals surface area contributed by atoms with Gasteiger partial charge in [0.1, 0.15) is 6.61 Å². The Labute approximate surface area is 229 Å². The number of Topliss-reactive ketones (excluding diaryl/α,β-unsaturated/α-hetero) is 1. The van der Waals surface area contributed by atoms with Crippen molar-refractivity contribution >= 4 is 17.6 Å². The minimum absolute atomic E-state index is 0.0421. The van der Waals surface area contributed by atoms with Crippen molar-refractivity contribution in [3.63, 3.8) is 0 Å². The molecule has 0 spiro atoms. The molecule has 4 fully saturated rings. The molecule has 3 saturated heterocycles. The molecule has 4 atom stereocenters. The van der Waals surface area contributed by atoms with Gasteiger partial charge < -0.3 is 4.74 Å². The fourth-order valence-corrected chi connectivity index (χ4v) is 6.52. The van der Waals surface area contributed by atoms with Crippen molar-refractivity contribution < 1.29 is 14.3 Å². The Kier molecular flexibility index (Phi) is 7.37. The molecule has 5 heterocycles. The predicted molar refractivity (Wildman–Crippen MR) is 149 cm³/mol. The third kappa shape index (κ3) is 5.71. The van der Waals surface area contributed by atoms with Gasteiger partial charge in [-0.1, -0.05) is 25.0 Å². The number of ether oxygens (including phenoxy) is 1. The summed E-state index contributed by atoms with van der Waals surface area (Å²) in [6.07, 6.45) is 10.2. The molecule has 202 valence electrons. The zero-order chi connectivity index (χ0) is 26.8. The number of benzene rings is 1. The van der Waals surface area contributed by atoms with Crippen LogP contribution in [0.5, 0.6) is 0 Å². The van der Waals surface area contributed by atoms with Gasteiger partial charge in [-0.05, 0) is 75.4 Å². The minimum Gasteiger partial charge on any atom is -0.448 e. The number of carbonyl (C=O) groups excluding carboxylic acids is 2. The van der Waals surface area contributed by atoms with Crippen LogP contribution in [-0.4, -0.2) is 57.5 Å². The van der Waals surface area contributed by atoms with Crippen molar-refractivity contribution in [1.82, 2.24) is 19.9 Å². The van der Waals surface area contributed by atoms with Gasteiger partial charge in [0.2, 0.25) is 0 Å². The molecule has 8 nitrogen and oxygen atoms in total. The molecule has 4 aliphatic rings. The number of hydrogen-bond donors (Lipinski definition) is 1. The van der Waals surface area contributed by atoms with E-state index in [0.29, 0.717) is 35.6 Å². The van der Waals surface area contributed by atoms with Gasteiger partial charge in [-0.15, -0.1) is 0 Å². The summed E-state index contributed by atoms with van der Waals surface area (Å²) in [6.45, 7) is 3.78. The SMILES string of the molecule is CC(=O)c1cccc(NC(=O)OCC2CC3CCN2CC3c2cc(C3CCCC3)nc(-c3ccncc3)n2)c1. The highest BCUT2D eigenvalue weighted by molar-refractivity contribution is 5.96. The van der Waals surface area contributed by atoms with Gasteiger partial charge in [-0.2, -0.15) is 0 Å². The zero-order valence-corrected chi connectivity index (χ0v) is 22.4. The van der Waals surface area contributed by atoms with E-state index in [0.717, 1.165) is 43.0 Å². The van der Waals surface area contributed by atoms with E-state index in [1.807, 2.05) is 12.1 Å². The largest absolute Gasteiger partial charge is 0.448 e. The molecule has 2 bridgehead atoms. The highest BCUT2D eigenvalue weighted by Crippen LogP contribution is 2.43. The van der Waals surface area contributed by atoms with Crippen molar-refractivity contribution in [3.8, 4) is 11.4 Å². The van der Waals surface area contributed by atoms with E-state index in [1.54, 1.807) is 36.7 Å². The van der Waals surface area contributed by atoms with E-state index in [2.05, 4.69) is 21.3 Å². The number of amides is 1. The summed E-state index contributed by atoms with van der Waals surface area (Å²) in [5.74, 6) is 2.12. The summed E-state index contributed by atoms with van der Waals surface area (Å²) in [7, 11) is 0. The Morgan fingerprint density at radius 2 is 1.82 bits per heavy atom. The normalized spacial score (nSPS) is 24.4. The molecule has 2 aromatic heterocycles. The van der Waals surface area contributed by atoms with Gasteiger partial charge in [-0.3, -0.25) is 20.0 Å². The van der Waals surface area contributed by atoms with Crippen molar-refractivity contribution in [3.05, 3.63) is 71.8 Å². The van der Waals surface area contributed by atoms with Crippen LogP contribution < -0.4 is 5.32 Å². The van der Waals surface area contributed by atoms with Crippen LogP contribution >= 0.6 is 0 Å². The molecular formula is C31H35N5O3. The second-order valence-electron chi connectivity index (χ2n) is 11.2. The lowest BCUT2D eigenvalue weighted by molar-refractivity contribution is -0.00149. The molecule has 1 aromatic carbocycles. The van der Waals surface area contributed by atoms with Gasteiger partial charge in [0.25, 0.3) is 0 Å². The van der Waals surface area contributed by atoms with Crippen LogP contribution in [0.25, 0.3) is 11.4 Å². The second-order valence-corrected chi connectivity index (χ2v) is 11.2. The molecule has 4 unspecified atom stereocenters. The molecule has 7 rings (SSSR count). The number of rotatable bonds is 7. The van der Waals surface area contributed by atoms with E-state index < -0.39 is 6.09 Å². The molecule has 0 radical (unpaired) electrons. The number of carbonyl (C=O) groups is 2. The minimum atomic E-state index is -0.492. The maximum Gasteiger partial charge on any atom is 0.411 e. The quantitative estimate of drug-likeness (QED) is 0.388. The number of pyridine rings is 1. The van der Waals surface area contributed by atoms with Gasteiger partial charge in [-0.25, -0.2) is 14.8 Å². The molecule has 1 saturated carbocycles. The van der Waals surface area contributed by atoms with Crippen LogP contribution in [0.4, 0.5) is 10.5 Å². The van der Waals surface area contributed by atoms with Crippen LogP contribution in [0.1, 0.15) is 79.0 Å². The summed E-state index contributed by atoms with van der Waals surface area (Å²) in [6, 6.07) is 13.4. The van der Waals surface area contributed by atoms with Gasteiger partial charge in [0, 0.05) is 65.0 Å².